The summed E-state index contributed by atoms with van der Waals surface area (Å²) in [6.45, 7) is 4.35. The number of rotatable bonds is 5. The summed E-state index contributed by atoms with van der Waals surface area (Å²) in [6.07, 6.45) is 4.51. The minimum absolute atomic E-state index is 0.175. The molecule has 132 valence electrons. The first kappa shape index (κ1) is 16.1. The third-order valence-corrected chi connectivity index (χ3v) is 5.11. The fraction of sp³-hybridized carbons (Fsp3) is 0.556. The molecule has 2 fully saturated rings. The molecule has 2 aromatic rings. The van der Waals surface area contributed by atoms with E-state index in [0.29, 0.717) is 12.6 Å². The number of aromatic nitrogens is 4. The smallest absolute Gasteiger partial charge is 0.241 e. The molecule has 0 bridgehead atoms. The normalized spacial score (nSPS) is 18.4. The van der Waals surface area contributed by atoms with Gasteiger partial charge in [0.05, 0.1) is 12.6 Å². The quantitative estimate of drug-likeness (QED) is 0.904. The van der Waals surface area contributed by atoms with Crippen molar-refractivity contribution in [3.8, 4) is 11.4 Å². The second kappa shape index (κ2) is 6.82. The average Bonchev–Trinajstić information content (AvgIpc) is 3.37. The second-order valence-electron chi connectivity index (χ2n) is 7.17. The summed E-state index contributed by atoms with van der Waals surface area (Å²) in [4.78, 5) is 14.3. The SMILES string of the molecule is CC1CCN(C(=O)CNc2ccc(-c3nnnn3C3CC3)cc2)CC1. The maximum Gasteiger partial charge on any atom is 0.241 e. The number of anilines is 1. The van der Waals surface area contributed by atoms with Gasteiger partial charge in [-0.2, -0.15) is 0 Å². The Morgan fingerprint density at radius 2 is 1.88 bits per heavy atom. The van der Waals surface area contributed by atoms with Crippen LogP contribution in [0.4, 0.5) is 5.69 Å². The Morgan fingerprint density at radius 3 is 2.56 bits per heavy atom. The molecule has 2 heterocycles. The Bertz CT molecular complexity index is 728. The topological polar surface area (TPSA) is 75.9 Å². The van der Waals surface area contributed by atoms with Crippen LogP contribution in [0.25, 0.3) is 11.4 Å². The summed E-state index contributed by atoms with van der Waals surface area (Å²) in [6, 6.07) is 8.41. The molecule has 0 unspecified atom stereocenters. The first-order valence-corrected chi connectivity index (χ1v) is 9.10. The number of amides is 1. The molecule has 1 N–H and O–H groups in total. The number of carbonyl (C=O) groups excluding carboxylic acids is 1. The third-order valence-electron chi connectivity index (χ3n) is 5.11. The van der Waals surface area contributed by atoms with E-state index in [-0.39, 0.29) is 5.91 Å². The van der Waals surface area contributed by atoms with Crippen molar-refractivity contribution in [3.05, 3.63) is 24.3 Å². The van der Waals surface area contributed by atoms with Gasteiger partial charge in [0.25, 0.3) is 0 Å². The number of benzene rings is 1. The molecule has 1 amide bonds. The van der Waals surface area contributed by atoms with E-state index in [4.69, 9.17) is 0 Å². The lowest BCUT2D eigenvalue weighted by molar-refractivity contribution is -0.130. The zero-order valence-corrected chi connectivity index (χ0v) is 14.6. The van der Waals surface area contributed by atoms with Crippen molar-refractivity contribution in [2.75, 3.05) is 25.0 Å². The zero-order chi connectivity index (χ0) is 17.2. The van der Waals surface area contributed by atoms with Gasteiger partial charge in [0.15, 0.2) is 5.82 Å². The first-order valence-electron chi connectivity index (χ1n) is 9.10. The lowest BCUT2D eigenvalue weighted by atomic mass is 9.99. The standard InChI is InChI=1S/C18H24N6O/c1-13-8-10-23(11-9-13)17(25)12-19-15-4-2-14(3-5-15)18-20-21-22-24(18)16-6-7-16/h2-5,13,16,19H,6-12H2,1H3. The molecule has 1 aromatic carbocycles. The monoisotopic (exact) mass is 340 g/mol. The van der Waals surface area contributed by atoms with E-state index in [1.54, 1.807) is 0 Å². The van der Waals surface area contributed by atoms with Crippen molar-refractivity contribution in [2.45, 2.75) is 38.6 Å². The number of hydrogen-bond acceptors (Lipinski definition) is 5. The molecule has 0 radical (unpaired) electrons. The van der Waals surface area contributed by atoms with E-state index in [1.807, 2.05) is 33.8 Å². The van der Waals surface area contributed by atoms with Crippen molar-refractivity contribution in [1.29, 1.82) is 0 Å². The number of carbonyl (C=O) groups is 1. The van der Waals surface area contributed by atoms with Gasteiger partial charge in [0.2, 0.25) is 5.91 Å². The Morgan fingerprint density at radius 1 is 1.16 bits per heavy atom. The minimum atomic E-state index is 0.175. The predicted molar refractivity (Wildman–Crippen MR) is 95.0 cm³/mol. The molecule has 7 heteroatoms. The first-order chi connectivity index (χ1) is 12.2. The van der Waals surface area contributed by atoms with E-state index >= 15 is 0 Å². The number of piperidine rings is 1. The van der Waals surface area contributed by atoms with Crippen LogP contribution in [0.2, 0.25) is 0 Å². The Hall–Kier alpha value is -2.44. The number of nitrogens with zero attached hydrogens (tertiary/aromatic N) is 5. The van der Waals surface area contributed by atoms with Crippen molar-refractivity contribution in [1.82, 2.24) is 25.1 Å². The molecule has 0 spiro atoms. The number of tetrazole rings is 1. The van der Waals surface area contributed by atoms with E-state index in [1.165, 1.54) is 0 Å². The zero-order valence-electron chi connectivity index (χ0n) is 14.6. The number of likely N-dealkylation sites (tertiary alicyclic amines) is 1. The summed E-state index contributed by atoms with van der Waals surface area (Å²) >= 11 is 0. The highest BCUT2D eigenvalue weighted by Crippen LogP contribution is 2.36. The van der Waals surface area contributed by atoms with Gasteiger partial charge < -0.3 is 10.2 Å². The van der Waals surface area contributed by atoms with Crippen LogP contribution >= 0.6 is 0 Å². The van der Waals surface area contributed by atoms with E-state index in [9.17, 15) is 4.79 Å². The molecule has 7 nitrogen and oxygen atoms in total. The van der Waals surface area contributed by atoms with E-state index in [0.717, 1.165) is 61.8 Å². The molecular weight excluding hydrogens is 316 g/mol. The molecule has 25 heavy (non-hydrogen) atoms. The van der Waals surface area contributed by atoms with Gasteiger partial charge in [-0.3, -0.25) is 4.79 Å². The summed E-state index contributed by atoms with van der Waals surface area (Å²) in [7, 11) is 0. The minimum Gasteiger partial charge on any atom is -0.376 e. The molecule has 1 saturated carbocycles. The van der Waals surface area contributed by atoms with Crippen LogP contribution in [-0.2, 0) is 4.79 Å². The summed E-state index contributed by atoms with van der Waals surface area (Å²) in [5, 5.41) is 15.2. The van der Waals surface area contributed by atoms with Gasteiger partial charge in [-0.05, 0) is 66.3 Å². The Kier molecular flexibility index (Phi) is 4.38. The van der Waals surface area contributed by atoms with Crippen LogP contribution < -0.4 is 5.32 Å². The highest BCUT2D eigenvalue weighted by molar-refractivity contribution is 5.81. The van der Waals surface area contributed by atoms with Gasteiger partial charge >= 0.3 is 0 Å². The van der Waals surface area contributed by atoms with Gasteiger partial charge in [-0.1, -0.05) is 6.92 Å². The lowest BCUT2D eigenvalue weighted by Gasteiger charge is -2.30. The fourth-order valence-corrected chi connectivity index (χ4v) is 3.23. The van der Waals surface area contributed by atoms with E-state index < -0.39 is 0 Å². The average molecular weight is 340 g/mol. The summed E-state index contributed by atoms with van der Waals surface area (Å²) < 4.78 is 1.91. The molecule has 1 aliphatic carbocycles. The Balaban J connectivity index is 1.34. The van der Waals surface area contributed by atoms with Crippen LogP contribution in [0.15, 0.2) is 24.3 Å². The van der Waals surface area contributed by atoms with Crippen molar-refractivity contribution in [2.24, 2.45) is 5.92 Å². The van der Waals surface area contributed by atoms with Crippen molar-refractivity contribution < 1.29 is 4.79 Å². The van der Waals surface area contributed by atoms with Crippen LogP contribution in [0.1, 0.15) is 38.6 Å². The summed E-state index contributed by atoms with van der Waals surface area (Å²) in [5.74, 6) is 1.72. The molecule has 1 aromatic heterocycles. The van der Waals surface area contributed by atoms with Gasteiger partial charge in [-0.15, -0.1) is 5.10 Å². The van der Waals surface area contributed by atoms with Crippen LogP contribution in [0.5, 0.6) is 0 Å². The maximum atomic E-state index is 12.3. The largest absolute Gasteiger partial charge is 0.376 e. The van der Waals surface area contributed by atoms with Crippen LogP contribution in [0.3, 0.4) is 0 Å². The van der Waals surface area contributed by atoms with Gasteiger partial charge in [0.1, 0.15) is 0 Å². The van der Waals surface area contributed by atoms with E-state index in [2.05, 4.69) is 27.8 Å². The van der Waals surface area contributed by atoms with Crippen LogP contribution in [-0.4, -0.2) is 50.6 Å². The molecule has 1 saturated heterocycles. The van der Waals surface area contributed by atoms with Gasteiger partial charge in [0, 0.05) is 24.3 Å². The molecule has 2 aliphatic rings. The van der Waals surface area contributed by atoms with Crippen LogP contribution in [0, 0.1) is 5.92 Å². The van der Waals surface area contributed by atoms with Gasteiger partial charge in [-0.25, -0.2) is 4.68 Å². The Labute approximate surface area is 147 Å². The molecule has 1 aliphatic heterocycles. The molecule has 4 rings (SSSR count). The fourth-order valence-electron chi connectivity index (χ4n) is 3.23. The summed E-state index contributed by atoms with van der Waals surface area (Å²) in [5.41, 5.74) is 1.94. The second-order valence-corrected chi connectivity index (χ2v) is 7.17. The van der Waals surface area contributed by atoms with Crippen molar-refractivity contribution >= 4 is 11.6 Å². The molecule has 0 atom stereocenters. The van der Waals surface area contributed by atoms with Crippen molar-refractivity contribution in [3.63, 3.8) is 0 Å². The number of nitrogens with one attached hydrogen (secondary N) is 1. The predicted octanol–water partition coefficient (Wildman–Crippen LogP) is 2.35. The third kappa shape index (κ3) is 3.65. The highest BCUT2D eigenvalue weighted by atomic mass is 16.2. The number of hydrogen-bond donors (Lipinski definition) is 1. The highest BCUT2D eigenvalue weighted by Gasteiger charge is 2.28. The maximum absolute atomic E-state index is 12.3. The molecular formula is C18H24N6O. The lowest BCUT2D eigenvalue weighted by Crippen LogP contribution is -2.40.